The summed E-state index contributed by atoms with van der Waals surface area (Å²) in [5.41, 5.74) is 1.81. The average Bonchev–Trinajstić information content (AvgIpc) is 3.00. The zero-order valence-corrected chi connectivity index (χ0v) is 18.6. The number of likely N-dealkylation sites (tertiary alicyclic amines) is 1. The standard InChI is InChI=1S/C23H39N5O/c1-5-25-22(29)20-12-10-19(11-13-20)16-26-23(24-4)27-17-21(18(2)3)28-14-8-6-7-9-15-28/h10-13,18,21H,5-9,14-17H2,1-4H3,(H,25,29)(H2,24,26,27). The maximum atomic E-state index is 11.9. The van der Waals surface area contributed by atoms with Gasteiger partial charge in [-0.15, -0.1) is 0 Å². The molecule has 1 aliphatic heterocycles. The molecule has 0 saturated carbocycles. The second-order valence-electron chi connectivity index (χ2n) is 8.12. The molecule has 2 rings (SSSR count). The summed E-state index contributed by atoms with van der Waals surface area (Å²) in [5, 5.41) is 9.73. The van der Waals surface area contributed by atoms with Crippen LogP contribution in [-0.2, 0) is 6.54 Å². The molecular formula is C23H39N5O. The van der Waals surface area contributed by atoms with Crippen molar-refractivity contribution in [2.45, 2.75) is 59.0 Å². The summed E-state index contributed by atoms with van der Waals surface area (Å²) in [4.78, 5) is 18.9. The van der Waals surface area contributed by atoms with Crippen LogP contribution in [0.3, 0.4) is 0 Å². The number of guanidine groups is 1. The van der Waals surface area contributed by atoms with Gasteiger partial charge in [0.25, 0.3) is 5.91 Å². The number of benzene rings is 1. The van der Waals surface area contributed by atoms with E-state index in [2.05, 4.69) is 39.7 Å². The molecule has 0 aliphatic carbocycles. The predicted molar refractivity (Wildman–Crippen MR) is 121 cm³/mol. The van der Waals surface area contributed by atoms with Crippen molar-refractivity contribution in [2.24, 2.45) is 10.9 Å². The fraction of sp³-hybridized carbons (Fsp3) is 0.652. The second-order valence-corrected chi connectivity index (χ2v) is 8.12. The van der Waals surface area contributed by atoms with Gasteiger partial charge < -0.3 is 16.0 Å². The van der Waals surface area contributed by atoms with Gasteiger partial charge in [0.05, 0.1) is 0 Å². The topological polar surface area (TPSA) is 68.8 Å². The van der Waals surface area contributed by atoms with Crippen LogP contribution < -0.4 is 16.0 Å². The molecule has 3 N–H and O–H groups in total. The number of nitrogens with one attached hydrogen (secondary N) is 3. The van der Waals surface area contributed by atoms with Crippen molar-refractivity contribution < 1.29 is 4.79 Å². The van der Waals surface area contributed by atoms with Gasteiger partial charge in [-0.05, 0) is 56.5 Å². The van der Waals surface area contributed by atoms with E-state index in [0.717, 1.165) is 18.1 Å². The lowest BCUT2D eigenvalue weighted by Gasteiger charge is -2.34. The Morgan fingerprint density at radius 3 is 2.24 bits per heavy atom. The maximum absolute atomic E-state index is 11.9. The summed E-state index contributed by atoms with van der Waals surface area (Å²) in [7, 11) is 1.81. The summed E-state index contributed by atoms with van der Waals surface area (Å²) >= 11 is 0. The van der Waals surface area contributed by atoms with Crippen molar-refractivity contribution in [3.63, 3.8) is 0 Å². The van der Waals surface area contributed by atoms with Gasteiger partial charge in [-0.2, -0.15) is 0 Å². The van der Waals surface area contributed by atoms with E-state index in [9.17, 15) is 4.79 Å². The highest BCUT2D eigenvalue weighted by atomic mass is 16.1. The van der Waals surface area contributed by atoms with E-state index in [1.807, 2.05) is 38.2 Å². The Bertz CT molecular complexity index is 633. The molecule has 1 aromatic carbocycles. The molecule has 1 unspecified atom stereocenters. The third kappa shape index (κ3) is 7.69. The van der Waals surface area contributed by atoms with Gasteiger partial charge in [0.15, 0.2) is 5.96 Å². The monoisotopic (exact) mass is 401 g/mol. The first-order valence-electron chi connectivity index (χ1n) is 11.1. The maximum Gasteiger partial charge on any atom is 0.251 e. The summed E-state index contributed by atoms with van der Waals surface area (Å²) in [5.74, 6) is 1.39. The Morgan fingerprint density at radius 2 is 1.69 bits per heavy atom. The van der Waals surface area contributed by atoms with Crippen LogP contribution in [0.15, 0.2) is 29.3 Å². The third-order valence-electron chi connectivity index (χ3n) is 5.59. The van der Waals surface area contributed by atoms with E-state index < -0.39 is 0 Å². The number of amides is 1. The highest BCUT2D eigenvalue weighted by Gasteiger charge is 2.22. The molecule has 1 aliphatic rings. The number of hydrogen-bond donors (Lipinski definition) is 3. The molecule has 1 heterocycles. The normalized spacial score (nSPS) is 16.9. The minimum atomic E-state index is -0.0299. The van der Waals surface area contributed by atoms with Crippen molar-refractivity contribution in [1.29, 1.82) is 0 Å². The Morgan fingerprint density at radius 1 is 1.03 bits per heavy atom. The van der Waals surface area contributed by atoms with Crippen molar-refractivity contribution in [1.82, 2.24) is 20.9 Å². The van der Waals surface area contributed by atoms with Gasteiger partial charge in [-0.25, -0.2) is 0 Å². The van der Waals surface area contributed by atoms with Gasteiger partial charge in [0, 0.05) is 38.3 Å². The lowest BCUT2D eigenvalue weighted by Crippen LogP contribution is -2.49. The van der Waals surface area contributed by atoms with Crippen LogP contribution in [-0.4, -0.2) is 56.0 Å². The van der Waals surface area contributed by atoms with Crippen LogP contribution in [0.25, 0.3) is 0 Å². The molecule has 1 amide bonds. The lowest BCUT2D eigenvalue weighted by molar-refractivity contribution is 0.0956. The van der Waals surface area contributed by atoms with E-state index in [1.54, 1.807) is 0 Å². The van der Waals surface area contributed by atoms with Crippen LogP contribution >= 0.6 is 0 Å². The Labute approximate surface area is 176 Å². The second kappa shape index (κ2) is 12.5. The average molecular weight is 402 g/mol. The van der Waals surface area contributed by atoms with Gasteiger partial charge >= 0.3 is 0 Å². The molecule has 1 atom stereocenters. The summed E-state index contributed by atoms with van der Waals surface area (Å²) in [6.45, 7) is 11.2. The van der Waals surface area contributed by atoms with Crippen LogP contribution in [0.1, 0.15) is 62.4 Å². The Balaban J connectivity index is 1.85. The number of hydrogen-bond acceptors (Lipinski definition) is 3. The molecule has 0 bridgehead atoms. The van der Waals surface area contributed by atoms with Gasteiger partial charge in [0.1, 0.15) is 0 Å². The van der Waals surface area contributed by atoms with E-state index >= 15 is 0 Å². The first-order chi connectivity index (χ1) is 14.0. The molecule has 1 fully saturated rings. The molecule has 6 nitrogen and oxygen atoms in total. The molecule has 6 heteroatoms. The Kier molecular flexibility index (Phi) is 9.98. The summed E-state index contributed by atoms with van der Waals surface area (Å²) < 4.78 is 0. The SMILES string of the molecule is CCNC(=O)c1ccc(CNC(=NC)NCC(C(C)C)N2CCCCCC2)cc1. The van der Waals surface area contributed by atoms with E-state index in [-0.39, 0.29) is 5.91 Å². The lowest BCUT2D eigenvalue weighted by atomic mass is 10.0. The number of nitrogens with zero attached hydrogens (tertiary/aromatic N) is 2. The molecule has 1 saturated heterocycles. The molecule has 0 radical (unpaired) electrons. The fourth-order valence-electron chi connectivity index (χ4n) is 3.86. The first-order valence-corrected chi connectivity index (χ1v) is 11.1. The van der Waals surface area contributed by atoms with E-state index in [1.165, 1.54) is 38.8 Å². The van der Waals surface area contributed by atoms with Crippen molar-refractivity contribution in [2.75, 3.05) is 33.2 Å². The molecule has 29 heavy (non-hydrogen) atoms. The Hall–Kier alpha value is -2.08. The van der Waals surface area contributed by atoms with Crippen LogP contribution in [0, 0.1) is 5.92 Å². The number of aliphatic imine (C=N–C) groups is 1. The van der Waals surface area contributed by atoms with Crippen molar-refractivity contribution >= 4 is 11.9 Å². The number of carbonyl (C=O) groups is 1. The van der Waals surface area contributed by atoms with E-state index in [4.69, 9.17) is 0 Å². The van der Waals surface area contributed by atoms with E-state index in [0.29, 0.717) is 30.6 Å². The van der Waals surface area contributed by atoms with Crippen LogP contribution in [0.4, 0.5) is 0 Å². The summed E-state index contributed by atoms with van der Waals surface area (Å²) in [6, 6.07) is 8.22. The predicted octanol–water partition coefficient (Wildman–Crippen LogP) is 3.00. The quantitative estimate of drug-likeness (QED) is 0.463. The van der Waals surface area contributed by atoms with Crippen LogP contribution in [0.5, 0.6) is 0 Å². The third-order valence-corrected chi connectivity index (χ3v) is 5.59. The van der Waals surface area contributed by atoms with Crippen molar-refractivity contribution in [3.8, 4) is 0 Å². The van der Waals surface area contributed by atoms with Gasteiger partial charge in [-0.1, -0.05) is 38.8 Å². The zero-order valence-electron chi connectivity index (χ0n) is 18.6. The number of rotatable bonds is 8. The molecule has 0 aromatic heterocycles. The smallest absolute Gasteiger partial charge is 0.251 e. The van der Waals surface area contributed by atoms with Crippen molar-refractivity contribution in [3.05, 3.63) is 35.4 Å². The zero-order chi connectivity index (χ0) is 21.1. The molecule has 1 aromatic rings. The fourth-order valence-corrected chi connectivity index (χ4v) is 3.86. The number of carbonyl (C=O) groups excluding carboxylic acids is 1. The minimum Gasteiger partial charge on any atom is -0.355 e. The van der Waals surface area contributed by atoms with Crippen LogP contribution in [0.2, 0.25) is 0 Å². The highest BCUT2D eigenvalue weighted by molar-refractivity contribution is 5.94. The highest BCUT2D eigenvalue weighted by Crippen LogP contribution is 2.17. The van der Waals surface area contributed by atoms with Gasteiger partial charge in [-0.3, -0.25) is 14.7 Å². The largest absolute Gasteiger partial charge is 0.355 e. The molecular weight excluding hydrogens is 362 g/mol. The summed E-state index contributed by atoms with van der Waals surface area (Å²) in [6.07, 6.45) is 5.33. The minimum absolute atomic E-state index is 0.0299. The van der Waals surface area contributed by atoms with Gasteiger partial charge in [0.2, 0.25) is 0 Å². The molecule has 0 spiro atoms. The molecule has 162 valence electrons. The first kappa shape index (κ1) is 23.2.